The lowest BCUT2D eigenvalue weighted by Crippen LogP contribution is -2.18. The molecular weight excluding hydrogens is 208 g/mol. The van der Waals surface area contributed by atoms with Crippen LogP contribution >= 0.6 is 0 Å². The van der Waals surface area contributed by atoms with E-state index in [0.29, 0.717) is 12.0 Å². The second kappa shape index (κ2) is 4.92. The van der Waals surface area contributed by atoms with Crippen molar-refractivity contribution < 1.29 is 0 Å². The molecule has 1 aromatic heterocycles. The molecule has 1 unspecified atom stereocenters. The first-order chi connectivity index (χ1) is 8.13. The van der Waals surface area contributed by atoms with Crippen molar-refractivity contribution in [1.82, 2.24) is 9.88 Å². The van der Waals surface area contributed by atoms with Crippen molar-refractivity contribution in [2.24, 2.45) is 5.92 Å². The topological polar surface area (TPSA) is 17.0 Å². The molecule has 2 aromatic rings. The Labute approximate surface area is 104 Å². The minimum absolute atomic E-state index is 0.390. The van der Waals surface area contributed by atoms with E-state index in [2.05, 4.69) is 61.0 Å². The van der Waals surface area contributed by atoms with Crippen LogP contribution in [0.2, 0.25) is 0 Å². The van der Waals surface area contributed by atoms with Gasteiger partial charge in [0.15, 0.2) is 0 Å². The molecule has 0 aliphatic rings. The number of hydrogen-bond acceptors (Lipinski definition) is 1. The van der Waals surface area contributed by atoms with Crippen LogP contribution in [0.3, 0.4) is 0 Å². The molecule has 2 rings (SSSR count). The molecule has 1 atom stereocenters. The summed E-state index contributed by atoms with van der Waals surface area (Å²) in [4.78, 5) is 0. The quantitative estimate of drug-likeness (QED) is 0.849. The lowest BCUT2D eigenvalue weighted by atomic mass is 10.2. The number of hydrogen-bond donors (Lipinski definition) is 1. The molecule has 0 amide bonds. The van der Waals surface area contributed by atoms with E-state index < -0.39 is 0 Å². The summed E-state index contributed by atoms with van der Waals surface area (Å²) in [5.41, 5.74) is 2.72. The third kappa shape index (κ3) is 2.37. The lowest BCUT2D eigenvalue weighted by molar-refractivity contribution is 0.496. The predicted octanol–water partition coefficient (Wildman–Crippen LogP) is 3.58. The molecule has 0 aliphatic heterocycles. The highest BCUT2D eigenvalue weighted by Gasteiger charge is 2.13. The van der Waals surface area contributed by atoms with Crippen molar-refractivity contribution in [1.29, 1.82) is 0 Å². The standard InChI is InChI=1S/C15H22N2/c1-11(2)10-17-14-8-6-5-7-13(14)9-15(17)12(3)16-4/h5-9,11-12,16H,10H2,1-4H3. The Hall–Kier alpha value is -1.28. The van der Waals surface area contributed by atoms with Crippen LogP contribution in [0.5, 0.6) is 0 Å². The first kappa shape index (κ1) is 12.2. The average Bonchev–Trinajstić information content (AvgIpc) is 2.67. The zero-order valence-electron chi connectivity index (χ0n) is 11.2. The summed E-state index contributed by atoms with van der Waals surface area (Å²) in [7, 11) is 2.02. The van der Waals surface area contributed by atoms with Gasteiger partial charge < -0.3 is 9.88 Å². The van der Waals surface area contributed by atoms with Crippen LogP contribution in [0.25, 0.3) is 10.9 Å². The molecule has 0 aliphatic carbocycles. The third-order valence-corrected chi connectivity index (χ3v) is 3.27. The highest BCUT2D eigenvalue weighted by molar-refractivity contribution is 5.81. The van der Waals surface area contributed by atoms with E-state index in [1.54, 1.807) is 0 Å². The van der Waals surface area contributed by atoms with Gasteiger partial charge in [0.05, 0.1) is 0 Å². The summed E-state index contributed by atoms with van der Waals surface area (Å²) in [6.45, 7) is 7.82. The molecule has 2 heteroatoms. The molecule has 0 saturated heterocycles. The van der Waals surface area contributed by atoms with Gasteiger partial charge in [0, 0.05) is 23.8 Å². The van der Waals surface area contributed by atoms with E-state index in [0.717, 1.165) is 6.54 Å². The zero-order valence-corrected chi connectivity index (χ0v) is 11.2. The summed E-state index contributed by atoms with van der Waals surface area (Å²) < 4.78 is 2.45. The van der Waals surface area contributed by atoms with Gasteiger partial charge in [0.1, 0.15) is 0 Å². The zero-order chi connectivity index (χ0) is 12.4. The molecule has 0 fully saturated rings. The summed E-state index contributed by atoms with van der Waals surface area (Å²) in [5, 5.41) is 4.67. The second-order valence-electron chi connectivity index (χ2n) is 5.14. The number of rotatable bonds is 4. The van der Waals surface area contributed by atoms with E-state index in [4.69, 9.17) is 0 Å². The maximum Gasteiger partial charge on any atom is 0.0483 e. The molecule has 1 N–H and O–H groups in total. The van der Waals surface area contributed by atoms with Gasteiger partial charge in [-0.05, 0) is 37.4 Å². The van der Waals surface area contributed by atoms with Crippen molar-refractivity contribution in [2.45, 2.75) is 33.4 Å². The average molecular weight is 230 g/mol. The SMILES string of the molecule is CNC(C)c1cc2ccccc2n1CC(C)C. The van der Waals surface area contributed by atoms with Gasteiger partial charge in [-0.3, -0.25) is 0 Å². The molecular formula is C15H22N2. The maximum absolute atomic E-state index is 3.33. The Morgan fingerprint density at radius 1 is 1.18 bits per heavy atom. The van der Waals surface area contributed by atoms with Gasteiger partial charge in [0.2, 0.25) is 0 Å². The summed E-state index contributed by atoms with van der Waals surface area (Å²) >= 11 is 0. The predicted molar refractivity (Wildman–Crippen MR) is 74.3 cm³/mol. The fourth-order valence-corrected chi connectivity index (χ4v) is 2.31. The Kier molecular flexibility index (Phi) is 3.53. The number of nitrogens with zero attached hydrogens (tertiary/aromatic N) is 1. The van der Waals surface area contributed by atoms with E-state index in [1.165, 1.54) is 16.6 Å². The van der Waals surface area contributed by atoms with Crippen LogP contribution in [0.4, 0.5) is 0 Å². The highest BCUT2D eigenvalue weighted by atomic mass is 15.0. The highest BCUT2D eigenvalue weighted by Crippen LogP contribution is 2.25. The normalized spacial score (nSPS) is 13.5. The Balaban J connectivity index is 2.56. The molecule has 0 radical (unpaired) electrons. The molecule has 0 spiro atoms. The maximum atomic E-state index is 3.33. The molecule has 0 saturated carbocycles. The second-order valence-corrected chi connectivity index (χ2v) is 5.14. The van der Waals surface area contributed by atoms with Crippen molar-refractivity contribution in [3.05, 3.63) is 36.0 Å². The monoisotopic (exact) mass is 230 g/mol. The van der Waals surface area contributed by atoms with Crippen LogP contribution in [0, 0.1) is 5.92 Å². The molecule has 17 heavy (non-hydrogen) atoms. The van der Waals surface area contributed by atoms with Crippen LogP contribution in [-0.4, -0.2) is 11.6 Å². The molecule has 1 heterocycles. The fraction of sp³-hybridized carbons (Fsp3) is 0.467. The Morgan fingerprint density at radius 3 is 2.53 bits per heavy atom. The van der Waals surface area contributed by atoms with E-state index in [-0.39, 0.29) is 0 Å². The first-order valence-electron chi connectivity index (χ1n) is 6.39. The summed E-state index contributed by atoms with van der Waals surface area (Å²) in [6.07, 6.45) is 0. The third-order valence-electron chi connectivity index (χ3n) is 3.27. The minimum Gasteiger partial charge on any atom is -0.343 e. The van der Waals surface area contributed by atoms with Gasteiger partial charge in [-0.25, -0.2) is 0 Å². The van der Waals surface area contributed by atoms with Crippen LogP contribution in [0.15, 0.2) is 30.3 Å². The van der Waals surface area contributed by atoms with E-state index >= 15 is 0 Å². The Bertz CT molecular complexity index is 497. The van der Waals surface area contributed by atoms with Gasteiger partial charge in [-0.1, -0.05) is 32.0 Å². The van der Waals surface area contributed by atoms with Crippen LogP contribution in [-0.2, 0) is 6.54 Å². The van der Waals surface area contributed by atoms with Gasteiger partial charge >= 0.3 is 0 Å². The number of benzene rings is 1. The van der Waals surface area contributed by atoms with Crippen molar-refractivity contribution in [3.63, 3.8) is 0 Å². The van der Waals surface area contributed by atoms with Crippen LogP contribution in [0.1, 0.15) is 32.5 Å². The number of para-hydroxylation sites is 1. The fourth-order valence-electron chi connectivity index (χ4n) is 2.31. The minimum atomic E-state index is 0.390. The van der Waals surface area contributed by atoms with Gasteiger partial charge in [-0.15, -0.1) is 0 Å². The van der Waals surface area contributed by atoms with Crippen molar-refractivity contribution in [3.8, 4) is 0 Å². The smallest absolute Gasteiger partial charge is 0.0483 e. The Morgan fingerprint density at radius 2 is 1.88 bits per heavy atom. The summed E-state index contributed by atoms with van der Waals surface area (Å²) in [5.74, 6) is 0.661. The van der Waals surface area contributed by atoms with Crippen molar-refractivity contribution in [2.75, 3.05) is 7.05 Å². The molecule has 92 valence electrons. The lowest BCUT2D eigenvalue weighted by Gasteiger charge is -2.17. The number of nitrogens with one attached hydrogen (secondary N) is 1. The van der Waals surface area contributed by atoms with Crippen LogP contribution < -0.4 is 5.32 Å². The number of fused-ring (bicyclic) bond motifs is 1. The number of aromatic nitrogens is 1. The summed E-state index contributed by atoms with van der Waals surface area (Å²) in [6, 6.07) is 11.3. The van der Waals surface area contributed by atoms with E-state index in [1.807, 2.05) is 7.05 Å². The molecule has 1 aromatic carbocycles. The van der Waals surface area contributed by atoms with Crippen molar-refractivity contribution >= 4 is 10.9 Å². The molecule has 2 nitrogen and oxygen atoms in total. The van der Waals surface area contributed by atoms with E-state index in [9.17, 15) is 0 Å². The molecule has 0 bridgehead atoms. The largest absolute Gasteiger partial charge is 0.343 e. The van der Waals surface area contributed by atoms with Gasteiger partial charge in [-0.2, -0.15) is 0 Å². The first-order valence-corrected chi connectivity index (χ1v) is 6.39. The van der Waals surface area contributed by atoms with Gasteiger partial charge in [0.25, 0.3) is 0 Å².